The number of hydrogen-bond acceptors (Lipinski definition) is 3. The van der Waals surface area contributed by atoms with Crippen LogP contribution in [0.3, 0.4) is 0 Å². The maximum atomic E-state index is 11.8. The molecule has 4 nitrogen and oxygen atoms in total. The zero-order valence-corrected chi connectivity index (χ0v) is 9.82. The molecule has 2 unspecified atom stereocenters. The average Bonchev–Trinajstić information content (AvgIpc) is 2.53. The van der Waals surface area contributed by atoms with Gasteiger partial charge in [0.2, 0.25) is 11.8 Å². The molecule has 1 N–H and O–H groups in total. The molecule has 1 heterocycles. The first kappa shape index (κ1) is 12.7. The van der Waals surface area contributed by atoms with Crippen LogP contribution in [-0.4, -0.2) is 35.3 Å². The SMILES string of the molecule is C#CCC(CC)NC1CC(=O)N(CC)C1=O. The second-order valence-electron chi connectivity index (χ2n) is 3.91. The Bertz CT molecular complexity index is 319. The lowest BCUT2D eigenvalue weighted by Gasteiger charge is -2.18. The molecule has 1 fully saturated rings. The highest BCUT2D eigenvalue weighted by molar-refractivity contribution is 6.05. The van der Waals surface area contributed by atoms with Crippen LogP contribution in [-0.2, 0) is 9.59 Å². The molecule has 0 radical (unpaired) electrons. The van der Waals surface area contributed by atoms with Gasteiger partial charge < -0.3 is 5.32 Å². The number of likely N-dealkylation sites (tertiary alicyclic amines) is 1. The van der Waals surface area contributed by atoms with Crippen molar-refractivity contribution in [3.05, 3.63) is 0 Å². The van der Waals surface area contributed by atoms with E-state index in [1.165, 1.54) is 4.90 Å². The number of hydrogen-bond donors (Lipinski definition) is 1. The van der Waals surface area contributed by atoms with Gasteiger partial charge in [-0.25, -0.2) is 0 Å². The van der Waals surface area contributed by atoms with Crippen molar-refractivity contribution in [3.63, 3.8) is 0 Å². The zero-order valence-electron chi connectivity index (χ0n) is 9.82. The van der Waals surface area contributed by atoms with Gasteiger partial charge in [0, 0.05) is 19.0 Å². The Morgan fingerprint density at radius 3 is 2.69 bits per heavy atom. The minimum atomic E-state index is -0.384. The zero-order chi connectivity index (χ0) is 12.1. The van der Waals surface area contributed by atoms with E-state index in [4.69, 9.17) is 6.42 Å². The summed E-state index contributed by atoms with van der Waals surface area (Å²) in [6.45, 7) is 4.26. The number of carbonyl (C=O) groups excluding carboxylic acids is 2. The molecule has 16 heavy (non-hydrogen) atoms. The number of amides is 2. The minimum Gasteiger partial charge on any atom is -0.302 e. The molecule has 2 amide bonds. The van der Waals surface area contributed by atoms with E-state index in [0.29, 0.717) is 13.0 Å². The Hall–Kier alpha value is -1.34. The fourth-order valence-electron chi connectivity index (χ4n) is 1.89. The molecule has 0 saturated carbocycles. The molecule has 0 spiro atoms. The topological polar surface area (TPSA) is 49.4 Å². The Balaban J connectivity index is 2.60. The predicted molar refractivity (Wildman–Crippen MR) is 61.5 cm³/mol. The first-order chi connectivity index (χ1) is 7.63. The lowest BCUT2D eigenvalue weighted by Crippen LogP contribution is -2.43. The summed E-state index contributed by atoms with van der Waals surface area (Å²) in [6, 6.07) is -0.269. The van der Waals surface area contributed by atoms with Crippen molar-refractivity contribution in [1.82, 2.24) is 10.2 Å². The number of carbonyl (C=O) groups is 2. The highest BCUT2D eigenvalue weighted by Crippen LogP contribution is 2.14. The molecule has 2 atom stereocenters. The fraction of sp³-hybridized carbons (Fsp3) is 0.667. The summed E-state index contributed by atoms with van der Waals surface area (Å²) in [4.78, 5) is 24.6. The van der Waals surface area contributed by atoms with Gasteiger partial charge in [0.1, 0.15) is 0 Å². The van der Waals surface area contributed by atoms with Gasteiger partial charge in [-0.1, -0.05) is 6.92 Å². The Morgan fingerprint density at radius 1 is 1.56 bits per heavy atom. The van der Waals surface area contributed by atoms with Gasteiger partial charge in [-0.05, 0) is 13.3 Å². The number of rotatable bonds is 5. The smallest absolute Gasteiger partial charge is 0.246 e. The minimum absolute atomic E-state index is 0.0967. The first-order valence-corrected chi connectivity index (χ1v) is 5.67. The van der Waals surface area contributed by atoms with Gasteiger partial charge in [0.15, 0.2) is 0 Å². The first-order valence-electron chi connectivity index (χ1n) is 5.67. The molecular formula is C12H18N2O2. The van der Waals surface area contributed by atoms with Crippen LogP contribution < -0.4 is 5.32 Å². The van der Waals surface area contributed by atoms with Gasteiger partial charge in [0.05, 0.1) is 12.5 Å². The summed E-state index contributed by atoms with van der Waals surface area (Å²) in [5.41, 5.74) is 0. The lowest BCUT2D eigenvalue weighted by atomic mass is 10.1. The Labute approximate surface area is 96.4 Å². The van der Waals surface area contributed by atoms with Crippen LogP contribution in [0, 0.1) is 12.3 Å². The van der Waals surface area contributed by atoms with Gasteiger partial charge in [-0.3, -0.25) is 14.5 Å². The summed E-state index contributed by atoms with van der Waals surface area (Å²) in [5.74, 6) is 2.35. The Morgan fingerprint density at radius 2 is 2.25 bits per heavy atom. The normalized spacial score (nSPS) is 22.3. The van der Waals surface area contributed by atoms with Gasteiger partial charge >= 0.3 is 0 Å². The van der Waals surface area contributed by atoms with Crippen LogP contribution in [0.5, 0.6) is 0 Å². The molecule has 1 saturated heterocycles. The van der Waals surface area contributed by atoms with E-state index in [0.717, 1.165) is 6.42 Å². The monoisotopic (exact) mass is 222 g/mol. The molecule has 88 valence electrons. The highest BCUT2D eigenvalue weighted by atomic mass is 16.2. The second kappa shape index (κ2) is 5.66. The summed E-state index contributed by atoms with van der Waals surface area (Å²) in [7, 11) is 0. The molecular weight excluding hydrogens is 204 g/mol. The maximum Gasteiger partial charge on any atom is 0.246 e. The number of nitrogens with zero attached hydrogens (tertiary/aromatic N) is 1. The summed E-state index contributed by atoms with van der Waals surface area (Å²) < 4.78 is 0. The highest BCUT2D eigenvalue weighted by Gasteiger charge is 2.37. The number of imide groups is 1. The van der Waals surface area contributed by atoms with E-state index >= 15 is 0 Å². The van der Waals surface area contributed by atoms with Crippen molar-refractivity contribution in [2.24, 2.45) is 0 Å². The van der Waals surface area contributed by atoms with Gasteiger partial charge in [-0.2, -0.15) is 0 Å². The van der Waals surface area contributed by atoms with Crippen LogP contribution in [0.1, 0.15) is 33.1 Å². The third-order valence-corrected chi connectivity index (χ3v) is 2.85. The molecule has 1 rings (SSSR count). The van der Waals surface area contributed by atoms with Crippen molar-refractivity contribution in [3.8, 4) is 12.3 Å². The molecule has 1 aliphatic rings. The third-order valence-electron chi connectivity index (χ3n) is 2.85. The van der Waals surface area contributed by atoms with Crippen molar-refractivity contribution < 1.29 is 9.59 Å². The van der Waals surface area contributed by atoms with E-state index in [9.17, 15) is 9.59 Å². The van der Waals surface area contributed by atoms with Crippen molar-refractivity contribution in [2.45, 2.75) is 45.2 Å². The molecule has 0 aromatic heterocycles. The van der Waals surface area contributed by atoms with E-state index in [1.807, 2.05) is 6.92 Å². The average molecular weight is 222 g/mol. The second-order valence-corrected chi connectivity index (χ2v) is 3.91. The third kappa shape index (κ3) is 2.61. The lowest BCUT2D eigenvalue weighted by molar-refractivity contribution is -0.138. The molecule has 0 bridgehead atoms. The van der Waals surface area contributed by atoms with E-state index in [-0.39, 0.29) is 30.3 Å². The van der Waals surface area contributed by atoms with Crippen LogP contribution in [0.2, 0.25) is 0 Å². The summed E-state index contributed by atoms with van der Waals surface area (Å²) in [5, 5.41) is 3.16. The molecule has 0 aromatic carbocycles. The number of terminal acetylenes is 1. The van der Waals surface area contributed by atoms with Gasteiger partial charge in [-0.15, -0.1) is 12.3 Å². The van der Waals surface area contributed by atoms with Crippen LogP contribution in [0.15, 0.2) is 0 Å². The van der Waals surface area contributed by atoms with Gasteiger partial charge in [0.25, 0.3) is 0 Å². The molecule has 4 heteroatoms. The number of likely N-dealkylation sites (N-methyl/N-ethyl adjacent to an activating group) is 1. The standard InChI is InChI=1S/C12H18N2O2/c1-4-7-9(5-2)13-10-8-11(15)14(6-3)12(10)16/h1,9-10,13H,5-8H2,2-3H3. The quantitative estimate of drug-likeness (QED) is 0.545. The van der Waals surface area contributed by atoms with Crippen LogP contribution in [0.25, 0.3) is 0 Å². The summed E-state index contributed by atoms with van der Waals surface area (Å²) in [6.07, 6.45) is 6.94. The molecule has 1 aliphatic heterocycles. The van der Waals surface area contributed by atoms with Crippen molar-refractivity contribution in [1.29, 1.82) is 0 Å². The van der Waals surface area contributed by atoms with Crippen molar-refractivity contribution >= 4 is 11.8 Å². The maximum absolute atomic E-state index is 11.8. The molecule has 0 aliphatic carbocycles. The predicted octanol–water partition coefficient (Wildman–Crippen LogP) is 0.525. The Kier molecular flexibility index (Phi) is 4.51. The largest absolute Gasteiger partial charge is 0.302 e. The summed E-state index contributed by atoms with van der Waals surface area (Å²) >= 11 is 0. The van der Waals surface area contributed by atoms with Crippen LogP contribution >= 0.6 is 0 Å². The van der Waals surface area contributed by atoms with E-state index < -0.39 is 0 Å². The fourth-order valence-corrected chi connectivity index (χ4v) is 1.89. The molecule has 0 aromatic rings. The number of nitrogens with one attached hydrogen (secondary N) is 1. The van der Waals surface area contributed by atoms with E-state index in [2.05, 4.69) is 11.2 Å². The van der Waals surface area contributed by atoms with Crippen LogP contribution in [0.4, 0.5) is 0 Å². The van der Waals surface area contributed by atoms with E-state index in [1.54, 1.807) is 6.92 Å². The van der Waals surface area contributed by atoms with Crippen molar-refractivity contribution in [2.75, 3.05) is 6.54 Å².